The molecule has 1 heterocycles. The average molecular weight is 460 g/mol. The zero-order valence-corrected chi connectivity index (χ0v) is 17.7. The van der Waals surface area contributed by atoms with Crippen LogP contribution in [-0.2, 0) is 0 Å². The van der Waals surface area contributed by atoms with Crippen LogP contribution in [0.25, 0.3) is 0 Å². The summed E-state index contributed by atoms with van der Waals surface area (Å²) in [5, 5.41) is 6.61. The molecule has 0 amide bonds. The van der Waals surface area contributed by atoms with Gasteiger partial charge in [0, 0.05) is 13.1 Å². The second-order valence-corrected chi connectivity index (χ2v) is 6.10. The van der Waals surface area contributed by atoms with Crippen LogP contribution >= 0.6 is 24.0 Å². The van der Waals surface area contributed by atoms with Crippen molar-refractivity contribution in [3.8, 4) is 5.75 Å². The second kappa shape index (κ2) is 14.2. The Hall–Kier alpha value is -1.02. The molecule has 0 aromatic heterocycles. The molecule has 25 heavy (non-hydrogen) atoms. The van der Waals surface area contributed by atoms with Gasteiger partial charge in [0.15, 0.2) is 5.96 Å². The molecule has 0 aliphatic carbocycles. The molecule has 2 rings (SSSR count). The molecule has 0 saturated carbocycles. The molecule has 6 heteroatoms. The maximum atomic E-state index is 5.68. The van der Waals surface area contributed by atoms with Gasteiger partial charge >= 0.3 is 0 Å². The third-order valence-corrected chi connectivity index (χ3v) is 4.10. The van der Waals surface area contributed by atoms with Crippen molar-refractivity contribution in [2.45, 2.75) is 32.6 Å². The van der Waals surface area contributed by atoms with Crippen LogP contribution in [0.5, 0.6) is 5.75 Å². The number of hydrogen-bond acceptors (Lipinski definition) is 3. The Morgan fingerprint density at radius 2 is 1.88 bits per heavy atom. The smallest absolute Gasteiger partial charge is 0.191 e. The highest BCUT2D eigenvalue weighted by Crippen LogP contribution is 2.08. The third kappa shape index (κ3) is 9.89. The van der Waals surface area contributed by atoms with Gasteiger partial charge in [-0.15, -0.1) is 24.0 Å². The zero-order valence-electron chi connectivity index (χ0n) is 15.4. The van der Waals surface area contributed by atoms with E-state index < -0.39 is 0 Å². The molecule has 1 saturated heterocycles. The fraction of sp³-hybridized carbons (Fsp3) is 0.632. The first kappa shape index (κ1) is 22.0. The van der Waals surface area contributed by atoms with Crippen LogP contribution in [0.15, 0.2) is 35.3 Å². The van der Waals surface area contributed by atoms with Crippen molar-refractivity contribution >= 4 is 29.9 Å². The summed E-state index contributed by atoms with van der Waals surface area (Å²) in [5.74, 6) is 1.79. The van der Waals surface area contributed by atoms with Gasteiger partial charge in [0.05, 0.1) is 6.54 Å². The van der Waals surface area contributed by atoms with Crippen LogP contribution in [0.3, 0.4) is 0 Å². The molecular formula is C19H33IN4O. The first-order chi connectivity index (χ1) is 11.9. The Bertz CT molecular complexity index is 464. The molecule has 5 nitrogen and oxygen atoms in total. The minimum atomic E-state index is 0. The lowest BCUT2D eigenvalue weighted by Gasteiger charge is -2.14. The summed E-state index contributed by atoms with van der Waals surface area (Å²) in [6.07, 6.45) is 5.13. The summed E-state index contributed by atoms with van der Waals surface area (Å²) in [5.41, 5.74) is 0. The molecule has 0 unspecified atom stereocenters. The van der Waals surface area contributed by atoms with Gasteiger partial charge in [-0.25, -0.2) is 0 Å². The first-order valence-corrected chi connectivity index (χ1v) is 9.31. The number of nitrogens with one attached hydrogen (secondary N) is 2. The SMILES string of the molecule is CCNC(=NCCCCN1CCCC1)NCCOc1ccccc1.I. The molecule has 1 fully saturated rings. The molecule has 0 atom stereocenters. The summed E-state index contributed by atoms with van der Waals surface area (Å²) in [4.78, 5) is 7.21. The maximum absolute atomic E-state index is 5.68. The molecule has 1 aliphatic rings. The van der Waals surface area contributed by atoms with E-state index in [9.17, 15) is 0 Å². The third-order valence-electron chi connectivity index (χ3n) is 4.10. The number of ether oxygens (including phenoxy) is 1. The minimum Gasteiger partial charge on any atom is -0.492 e. The maximum Gasteiger partial charge on any atom is 0.191 e. The number of guanidine groups is 1. The van der Waals surface area contributed by atoms with Gasteiger partial charge in [-0.3, -0.25) is 4.99 Å². The van der Waals surface area contributed by atoms with Gasteiger partial charge in [0.1, 0.15) is 12.4 Å². The van der Waals surface area contributed by atoms with Crippen molar-refractivity contribution in [3.05, 3.63) is 30.3 Å². The van der Waals surface area contributed by atoms with Gasteiger partial charge in [-0.1, -0.05) is 18.2 Å². The van der Waals surface area contributed by atoms with E-state index in [1.54, 1.807) is 0 Å². The topological polar surface area (TPSA) is 48.9 Å². The van der Waals surface area contributed by atoms with Crippen LogP contribution in [0.1, 0.15) is 32.6 Å². The molecule has 1 aromatic carbocycles. The van der Waals surface area contributed by atoms with E-state index >= 15 is 0 Å². The summed E-state index contributed by atoms with van der Waals surface area (Å²) < 4.78 is 5.68. The van der Waals surface area contributed by atoms with Crippen LogP contribution in [0.4, 0.5) is 0 Å². The fourth-order valence-electron chi connectivity index (χ4n) is 2.84. The Kier molecular flexibility index (Phi) is 12.5. The van der Waals surface area contributed by atoms with E-state index in [1.165, 1.54) is 38.9 Å². The van der Waals surface area contributed by atoms with E-state index in [-0.39, 0.29) is 24.0 Å². The number of unbranched alkanes of at least 4 members (excludes halogenated alkanes) is 1. The first-order valence-electron chi connectivity index (χ1n) is 9.31. The Labute approximate surface area is 169 Å². The van der Waals surface area contributed by atoms with E-state index in [0.717, 1.165) is 37.8 Å². The highest BCUT2D eigenvalue weighted by Gasteiger charge is 2.09. The van der Waals surface area contributed by atoms with Crippen LogP contribution in [-0.4, -0.2) is 56.7 Å². The molecule has 2 N–H and O–H groups in total. The molecule has 1 aliphatic heterocycles. The number of benzene rings is 1. The summed E-state index contributed by atoms with van der Waals surface area (Å²) >= 11 is 0. The van der Waals surface area contributed by atoms with E-state index in [4.69, 9.17) is 4.74 Å². The number of para-hydroxylation sites is 1. The number of hydrogen-bond donors (Lipinski definition) is 2. The standard InChI is InChI=1S/C19H32N4O.HI/c1-2-20-19(21-12-6-7-14-23-15-8-9-16-23)22-13-17-24-18-10-4-3-5-11-18;/h3-5,10-11H,2,6-9,12-17H2,1H3,(H2,20,21,22);1H. The monoisotopic (exact) mass is 460 g/mol. The van der Waals surface area contributed by atoms with Crippen molar-refractivity contribution in [2.75, 3.05) is 45.9 Å². The lowest BCUT2D eigenvalue weighted by Crippen LogP contribution is -2.39. The van der Waals surface area contributed by atoms with Crippen LogP contribution in [0.2, 0.25) is 0 Å². The van der Waals surface area contributed by atoms with Crippen LogP contribution < -0.4 is 15.4 Å². The van der Waals surface area contributed by atoms with E-state index in [0.29, 0.717) is 6.61 Å². The lowest BCUT2D eigenvalue weighted by atomic mass is 10.3. The molecule has 0 bridgehead atoms. The van der Waals surface area contributed by atoms with Gasteiger partial charge < -0.3 is 20.3 Å². The number of aliphatic imine (C=N–C) groups is 1. The largest absolute Gasteiger partial charge is 0.492 e. The van der Waals surface area contributed by atoms with Gasteiger partial charge in [0.25, 0.3) is 0 Å². The van der Waals surface area contributed by atoms with Gasteiger partial charge in [-0.05, 0) is 64.4 Å². The van der Waals surface area contributed by atoms with Crippen LogP contribution in [0, 0.1) is 0 Å². The Balaban J connectivity index is 0.00000312. The minimum absolute atomic E-state index is 0. The number of rotatable bonds is 10. The van der Waals surface area contributed by atoms with Crippen molar-refractivity contribution in [1.82, 2.24) is 15.5 Å². The number of likely N-dealkylation sites (tertiary alicyclic amines) is 1. The predicted molar refractivity (Wildman–Crippen MR) is 116 cm³/mol. The highest BCUT2D eigenvalue weighted by atomic mass is 127. The Morgan fingerprint density at radius 1 is 1.12 bits per heavy atom. The van der Waals surface area contributed by atoms with Crippen molar-refractivity contribution < 1.29 is 4.74 Å². The molecule has 0 spiro atoms. The summed E-state index contributed by atoms with van der Waals surface area (Å²) in [6.45, 7) is 9.01. The molecule has 1 aromatic rings. The molecular weight excluding hydrogens is 427 g/mol. The highest BCUT2D eigenvalue weighted by molar-refractivity contribution is 14.0. The second-order valence-electron chi connectivity index (χ2n) is 6.10. The normalized spacial score (nSPS) is 14.8. The molecule has 142 valence electrons. The zero-order chi connectivity index (χ0) is 16.9. The van der Waals surface area contributed by atoms with E-state index in [2.05, 4.69) is 27.4 Å². The lowest BCUT2D eigenvalue weighted by molar-refractivity contribution is 0.322. The van der Waals surface area contributed by atoms with Gasteiger partial charge in [-0.2, -0.15) is 0 Å². The van der Waals surface area contributed by atoms with Gasteiger partial charge in [0.2, 0.25) is 0 Å². The predicted octanol–water partition coefficient (Wildman–Crippen LogP) is 3.11. The van der Waals surface area contributed by atoms with Crippen molar-refractivity contribution in [2.24, 2.45) is 4.99 Å². The molecule has 0 radical (unpaired) electrons. The average Bonchev–Trinajstić information content (AvgIpc) is 3.12. The summed E-state index contributed by atoms with van der Waals surface area (Å²) in [6, 6.07) is 9.90. The fourth-order valence-corrected chi connectivity index (χ4v) is 2.84. The number of halogens is 1. The van der Waals surface area contributed by atoms with Crippen molar-refractivity contribution in [3.63, 3.8) is 0 Å². The Morgan fingerprint density at radius 3 is 2.60 bits per heavy atom. The van der Waals surface area contributed by atoms with E-state index in [1.807, 2.05) is 30.3 Å². The quantitative estimate of drug-likeness (QED) is 0.244. The van der Waals surface area contributed by atoms with Crippen molar-refractivity contribution in [1.29, 1.82) is 0 Å². The number of nitrogens with zero attached hydrogens (tertiary/aromatic N) is 2. The summed E-state index contributed by atoms with van der Waals surface area (Å²) in [7, 11) is 0.